The zero-order valence-electron chi connectivity index (χ0n) is 13.9. The van der Waals surface area contributed by atoms with Crippen LogP contribution < -0.4 is 5.32 Å². The third-order valence-corrected chi connectivity index (χ3v) is 3.71. The van der Waals surface area contributed by atoms with E-state index >= 15 is 0 Å². The van der Waals surface area contributed by atoms with Crippen LogP contribution in [0.3, 0.4) is 0 Å². The smallest absolute Gasteiger partial charge is 0.0579 e. The summed E-state index contributed by atoms with van der Waals surface area (Å²) < 4.78 is 0. The number of nitrogens with one attached hydrogen (secondary N) is 1. The lowest BCUT2D eigenvalue weighted by Crippen LogP contribution is -2.31. The summed E-state index contributed by atoms with van der Waals surface area (Å²) in [5.74, 6) is 0. The third kappa shape index (κ3) is 4.44. The number of hydrogen-bond donors (Lipinski definition) is 1. The fraction of sp³-hybridized carbons (Fsp3) is 0.400. The number of aryl methyl sites for hydroxylation is 2. The topological polar surface area (TPSA) is 12.0 Å². The second-order valence-electron chi connectivity index (χ2n) is 7.15. The van der Waals surface area contributed by atoms with Gasteiger partial charge in [-0.1, -0.05) is 74.9 Å². The summed E-state index contributed by atoms with van der Waals surface area (Å²) in [6.07, 6.45) is 0. The van der Waals surface area contributed by atoms with Gasteiger partial charge in [-0.25, -0.2) is 0 Å². The van der Waals surface area contributed by atoms with E-state index in [9.17, 15) is 0 Å². The first-order valence-corrected chi connectivity index (χ1v) is 7.72. The molecule has 0 aliphatic rings. The van der Waals surface area contributed by atoms with Gasteiger partial charge in [-0.15, -0.1) is 0 Å². The Bertz CT molecular complexity index is 579. The van der Waals surface area contributed by atoms with E-state index in [-0.39, 0.29) is 11.5 Å². The van der Waals surface area contributed by atoms with Crippen molar-refractivity contribution in [3.63, 3.8) is 0 Å². The molecule has 2 aromatic rings. The van der Waals surface area contributed by atoms with Gasteiger partial charge in [0.15, 0.2) is 0 Å². The first kappa shape index (κ1) is 15.8. The summed E-state index contributed by atoms with van der Waals surface area (Å²) in [7, 11) is 0. The maximum absolute atomic E-state index is 3.75. The molecule has 0 amide bonds. The normalized spacial score (nSPS) is 13.2. The molecule has 21 heavy (non-hydrogen) atoms. The Balaban J connectivity index is 2.36. The van der Waals surface area contributed by atoms with Crippen LogP contribution in [-0.4, -0.2) is 6.54 Å². The van der Waals surface area contributed by atoms with E-state index in [4.69, 9.17) is 0 Å². The van der Waals surface area contributed by atoms with Crippen molar-refractivity contribution in [1.82, 2.24) is 5.32 Å². The lowest BCUT2D eigenvalue weighted by Gasteiger charge is -2.27. The lowest BCUT2D eigenvalue weighted by atomic mass is 9.91. The van der Waals surface area contributed by atoms with Gasteiger partial charge in [-0.2, -0.15) is 0 Å². The Kier molecular flexibility index (Phi) is 4.84. The minimum atomic E-state index is 0.256. The molecule has 1 heteroatoms. The molecule has 2 aromatic carbocycles. The molecule has 0 fully saturated rings. The molecule has 1 N–H and O–H groups in total. The number of benzene rings is 2. The molecule has 1 atom stereocenters. The molecule has 0 aromatic heterocycles. The van der Waals surface area contributed by atoms with Crippen LogP contribution >= 0.6 is 0 Å². The predicted octanol–water partition coefficient (Wildman–Crippen LogP) is 5.03. The van der Waals surface area contributed by atoms with Gasteiger partial charge in [0.25, 0.3) is 0 Å². The van der Waals surface area contributed by atoms with Crippen LogP contribution in [0.2, 0.25) is 0 Å². The quantitative estimate of drug-likeness (QED) is 0.829. The van der Waals surface area contributed by atoms with Crippen molar-refractivity contribution in [2.45, 2.75) is 40.7 Å². The summed E-state index contributed by atoms with van der Waals surface area (Å²) in [5, 5.41) is 3.75. The second-order valence-corrected chi connectivity index (χ2v) is 7.15. The fourth-order valence-electron chi connectivity index (χ4n) is 2.61. The van der Waals surface area contributed by atoms with Gasteiger partial charge in [0.2, 0.25) is 0 Å². The summed E-state index contributed by atoms with van der Waals surface area (Å²) in [6, 6.07) is 17.7. The van der Waals surface area contributed by atoms with Gasteiger partial charge >= 0.3 is 0 Å². The van der Waals surface area contributed by atoms with Crippen LogP contribution in [0.5, 0.6) is 0 Å². The summed E-state index contributed by atoms with van der Waals surface area (Å²) in [4.78, 5) is 0. The molecule has 0 bridgehead atoms. The molecule has 0 heterocycles. The summed E-state index contributed by atoms with van der Waals surface area (Å²) >= 11 is 0. The Morgan fingerprint density at radius 3 is 2.19 bits per heavy atom. The molecule has 0 radical (unpaired) electrons. The van der Waals surface area contributed by atoms with E-state index in [0.29, 0.717) is 0 Å². The predicted molar refractivity (Wildman–Crippen MR) is 91.7 cm³/mol. The van der Waals surface area contributed by atoms with E-state index in [1.165, 1.54) is 22.3 Å². The molecular weight excluding hydrogens is 254 g/mol. The van der Waals surface area contributed by atoms with E-state index in [1.807, 2.05) is 0 Å². The van der Waals surface area contributed by atoms with Crippen molar-refractivity contribution in [2.24, 2.45) is 5.41 Å². The fourth-order valence-corrected chi connectivity index (χ4v) is 2.61. The molecule has 1 nitrogen and oxygen atoms in total. The Labute approximate surface area is 129 Å². The van der Waals surface area contributed by atoms with E-state index in [0.717, 1.165) is 6.54 Å². The molecule has 0 saturated carbocycles. The standard InChI is InChI=1S/C20H27N/c1-15-11-12-18(16(2)13-15)19(21-14-20(3,4)5)17-9-7-6-8-10-17/h6-13,19,21H,14H2,1-5H3. The van der Waals surface area contributed by atoms with E-state index in [1.54, 1.807) is 0 Å². The molecule has 0 saturated heterocycles. The highest BCUT2D eigenvalue weighted by Gasteiger charge is 2.19. The maximum atomic E-state index is 3.75. The van der Waals surface area contributed by atoms with Crippen LogP contribution in [-0.2, 0) is 0 Å². The maximum Gasteiger partial charge on any atom is 0.0579 e. The molecule has 0 aliphatic carbocycles. The monoisotopic (exact) mass is 281 g/mol. The number of rotatable bonds is 4. The van der Waals surface area contributed by atoms with Crippen molar-refractivity contribution in [3.8, 4) is 0 Å². The summed E-state index contributed by atoms with van der Waals surface area (Å²) in [5.41, 5.74) is 5.64. The van der Waals surface area contributed by atoms with Gasteiger partial charge in [-0.05, 0) is 36.0 Å². The SMILES string of the molecule is Cc1ccc(C(NCC(C)(C)C)c2ccccc2)c(C)c1. The second kappa shape index (κ2) is 6.44. The molecular formula is C20H27N. The average molecular weight is 281 g/mol. The highest BCUT2D eigenvalue weighted by molar-refractivity contribution is 5.38. The van der Waals surface area contributed by atoms with Gasteiger partial charge < -0.3 is 5.32 Å². The highest BCUT2D eigenvalue weighted by atomic mass is 14.9. The van der Waals surface area contributed by atoms with E-state index in [2.05, 4.69) is 88.5 Å². The van der Waals surface area contributed by atoms with Gasteiger partial charge in [-0.3, -0.25) is 0 Å². The number of hydrogen-bond acceptors (Lipinski definition) is 1. The van der Waals surface area contributed by atoms with Crippen LogP contribution in [0.4, 0.5) is 0 Å². The summed E-state index contributed by atoms with van der Waals surface area (Å²) in [6.45, 7) is 12.1. The highest BCUT2D eigenvalue weighted by Crippen LogP contribution is 2.26. The molecule has 0 aliphatic heterocycles. The van der Waals surface area contributed by atoms with Gasteiger partial charge in [0, 0.05) is 6.54 Å². The van der Waals surface area contributed by atoms with Crippen molar-refractivity contribution in [1.29, 1.82) is 0 Å². The van der Waals surface area contributed by atoms with Crippen molar-refractivity contribution < 1.29 is 0 Å². The Morgan fingerprint density at radius 1 is 0.952 bits per heavy atom. The minimum Gasteiger partial charge on any atom is -0.306 e. The lowest BCUT2D eigenvalue weighted by molar-refractivity contribution is 0.365. The van der Waals surface area contributed by atoms with E-state index < -0.39 is 0 Å². The van der Waals surface area contributed by atoms with Crippen LogP contribution in [0.25, 0.3) is 0 Å². The molecule has 1 unspecified atom stereocenters. The molecule has 0 spiro atoms. The van der Waals surface area contributed by atoms with Crippen molar-refractivity contribution in [3.05, 3.63) is 70.8 Å². The van der Waals surface area contributed by atoms with Crippen LogP contribution in [0.1, 0.15) is 49.1 Å². The van der Waals surface area contributed by atoms with Crippen LogP contribution in [0, 0.1) is 19.3 Å². The molecule has 2 rings (SSSR count). The molecule has 112 valence electrons. The first-order valence-electron chi connectivity index (χ1n) is 7.72. The zero-order valence-corrected chi connectivity index (χ0v) is 13.9. The van der Waals surface area contributed by atoms with Gasteiger partial charge in [0.05, 0.1) is 6.04 Å². The zero-order chi connectivity index (χ0) is 15.5. The average Bonchev–Trinajstić information content (AvgIpc) is 2.41. The van der Waals surface area contributed by atoms with Crippen molar-refractivity contribution in [2.75, 3.05) is 6.54 Å². The first-order chi connectivity index (χ1) is 9.87. The Hall–Kier alpha value is -1.60. The largest absolute Gasteiger partial charge is 0.306 e. The van der Waals surface area contributed by atoms with Crippen molar-refractivity contribution >= 4 is 0 Å². The minimum absolute atomic E-state index is 0.256. The van der Waals surface area contributed by atoms with Gasteiger partial charge in [0.1, 0.15) is 0 Å². The van der Waals surface area contributed by atoms with Crippen LogP contribution in [0.15, 0.2) is 48.5 Å². The third-order valence-electron chi connectivity index (χ3n) is 3.71. The Morgan fingerprint density at radius 2 is 1.62 bits per heavy atom.